The lowest BCUT2D eigenvalue weighted by molar-refractivity contribution is -0.136. The van der Waals surface area contributed by atoms with Crippen LogP contribution in [0.4, 0.5) is 0 Å². The standard InChI is InChI=1S/C52H98N14O12.ClH/c1-8-9-10-11-12-13-14-15-16-17-41(69)65-43(33(7)68)52(78)62-36(20-25-55)45(71)61-38-22-27-57-51(77)42(32(6)67)66-48(74)37(21-26-56)59-44(70)34(18-23-53)60-49(75)39(28-30(2)3)64-50(76)40(29-31(4)5)63-46(72)35(19-24-54)58-47(38)73;/h30-40,42-43,67-68H,8-29,53-56H2,1-7H3,(H,57,77)(H,58,73)(H,59,70)(H,60,75)(H,61,71)(H,62,78)(H,63,72)(H,64,76)(H,65,69)(H,66,74);1H. The van der Waals surface area contributed by atoms with Gasteiger partial charge >= 0.3 is 0 Å². The summed E-state index contributed by atoms with van der Waals surface area (Å²) in [6.07, 6.45) is 5.56. The SMILES string of the molecule is CCCCCCCCCCCC(=O)NC(C(=O)NC(CCN)C(=O)NC1CCNC(=O)C(C(C)O)NC(=O)C(CCN)NC(=O)C(CCN)NC(=O)C(CC(C)C)NC(=O)C(CC(C)C)NC(=O)C(CCN)NC1=O)C(C)O.Cl. The molecule has 11 unspecified atom stereocenters. The second-order valence-electron chi connectivity index (χ2n) is 21.2. The summed E-state index contributed by atoms with van der Waals surface area (Å²) in [7, 11) is 0. The van der Waals surface area contributed by atoms with Crippen molar-refractivity contribution < 1.29 is 58.2 Å². The van der Waals surface area contributed by atoms with Gasteiger partial charge in [-0.3, -0.25) is 47.9 Å². The Labute approximate surface area is 473 Å². The Hall–Kier alpha value is -5.25. The summed E-state index contributed by atoms with van der Waals surface area (Å²) >= 11 is 0. The van der Waals surface area contributed by atoms with Crippen molar-refractivity contribution in [3.05, 3.63) is 0 Å². The highest BCUT2D eigenvalue weighted by molar-refractivity contribution is 5.98. The van der Waals surface area contributed by atoms with E-state index in [1.165, 1.54) is 33.1 Å². The molecule has 10 amide bonds. The van der Waals surface area contributed by atoms with Crippen molar-refractivity contribution in [3.63, 3.8) is 0 Å². The lowest BCUT2D eigenvalue weighted by Crippen LogP contribution is -2.61. The van der Waals surface area contributed by atoms with Gasteiger partial charge in [-0.2, -0.15) is 0 Å². The Morgan fingerprint density at radius 3 is 1.38 bits per heavy atom. The molecule has 27 heteroatoms. The number of unbranched alkanes of at least 4 members (excludes halogenated alkanes) is 8. The van der Waals surface area contributed by atoms with Crippen molar-refractivity contribution in [1.82, 2.24) is 53.2 Å². The largest absolute Gasteiger partial charge is 0.391 e. The number of amides is 10. The third-order valence-electron chi connectivity index (χ3n) is 13.1. The minimum atomic E-state index is -1.65. The third-order valence-corrected chi connectivity index (χ3v) is 13.1. The molecule has 1 saturated heterocycles. The van der Waals surface area contributed by atoms with Crippen LogP contribution in [0.2, 0.25) is 0 Å². The van der Waals surface area contributed by atoms with Crippen LogP contribution in [0.3, 0.4) is 0 Å². The van der Waals surface area contributed by atoms with E-state index in [0.717, 1.165) is 32.1 Å². The topological polar surface area (TPSA) is 436 Å². The zero-order chi connectivity index (χ0) is 58.9. The Morgan fingerprint density at radius 2 is 0.962 bits per heavy atom. The van der Waals surface area contributed by atoms with Crippen LogP contribution in [0.5, 0.6) is 0 Å². The molecule has 0 aromatic heterocycles. The van der Waals surface area contributed by atoms with Crippen LogP contribution in [0.25, 0.3) is 0 Å². The molecule has 1 aliphatic rings. The molecule has 1 fully saturated rings. The Bertz CT molecular complexity index is 1900. The van der Waals surface area contributed by atoms with Crippen molar-refractivity contribution in [2.75, 3.05) is 32.7 Å². The molecule has 0 spiro atoms. The highest BCUT2D eigenvalue weighted by atomic mass is 35.5. The van der Waals surface area contributed by atoms with E-state index in [2.05, 4.69) is 60.1 Å². The summed E-state index contributed by atoms with van der Waals surface area (Å²) in [6, 6.07) is -12.8. The summed E-state index contributed by atoms with van der Waals surface area (Å²) in [4.78, 5) is 139. The van der Waals surface area contributed by atoms with Crippen LogP contribution < -0.4 is 76.1 Å². The molecule has 456 valence electrons. The predicted molar refractivity (Wildman–Crippen MR) is 301 cm³/mol. The first-order valence-corrected chi connectivity index (χ1v) is 28.1. The first-order chi connectivity index (χ1) is 36.9. The van der Waals surface area contributed by atoms with E-state index in [1.54, 1.807) is 27.7 Å². The summed E-state index contributed by atoms with van der Waals surface area (Å²) in [5, 5.41) is 47.0. The number of hydrogen-bond acceptors (Lipinski definition) is 16. The zero-order valence-electron chi connectivity index (χ0n) is 47.8. The fourth-order valence-corrected chi connectivity index (χ4v) is 8.67. The van der Waals surface area contributed by atoms with Crippen molar-refractivity contribution >= 4 is 71.5 Å². The Balaban J connectivity index is 0.0000608. The molecule has 0 aromatic rings. The normalized spacial score (nSPS) is 23.0. The van der Waals surface area contributed by atoms with Gasteiger partial charge in [0.05, 0.1) is 12.2 Å². The van der Waals surface area contributed by atoms with Gasteiger partial charge in [0.2, 0.25) is 59.1 Å². The van der Waals surface area contributed by atoms with Crippen molar-refractivity contribution in [1.29, 1.82) is 0 Å². The van der Waals surface area contributed by atoms with E-state index in [-0.39, 0.29) is 95.4 Å². The van der Waals surface area contributed by atoms with Gasteiger partial charge < -0.3 is 86.3 Å². The molecular weight excluding hydrogens is 1050 g/mol. The zero-order valence-corrected chi connectivity index (χ0v) is 48.6. The van der Waals surface area contributed by atoms with E-state index < -0.39 is 139 Å². The smallest absolute Gasteiger partial charge is 0.245 e. The number of aliphatic hydroxyl groups excluding tert-OH is 2. The minimum absolute atomic E-state index is 0. The molecule has 0 radical (unpaired) electrons. The summed E-state index contributed by atoms with van der Waals surface area (Å²) in [6.45, 7) is 11.0. The molecule has 1 heterocycles. The molecule has 0 bridgehead atoms. The van der Waals surface area contributed by atoms with E-state index in [1.807, 2.05) is 0 Å². The van der Waals surface area contributed by atoms with Crippen molar-refractivity contribution in [3.8, 4) is 0 Å². The fourth-order valence-electron chi connectivity index (χ4n) is 8.67. The second kappa shape index (κ2) is 40.9. The van der Waals surface area contributed by atoms with Gasteiger partial charge in [-0.25, -0.2) is 0 Å². The number of carbonyl (C=O) groups excluding carboxylic acids is 10. The van der Waals surface area contributed by atoms with Crippen molar-refractivity contribution in [2.24, 2.45) is 34.8 Å². The summed E-state index contributed by atoms with van der Waals surface area (Å²) in [5.41, 5.74) is 23.4. The number of carbonyl (C=O) groups is 10. The Kier molecular flexibility index (Phi) is 38.1. The average molecular weight is 1150 g/mol. The number of hydrogen-bond donors (Lipinski definition) is 16. The number of aliphatic hydroxyl groups is 2. The van der Waals surface area contributed by atoms with E-state index in [0.29, 0.717) is 6.42 Å². The Morgan fingerprint density at radius 1 is 0.544 bits per heavy atom. The quantitative estimate of drug-likeness (QED) is 0.0343. The molecular formula is C52H99ClN14O12. The van der Waals surface area contributed by atoms with Crippen LogP contribution in [0.15, 0.2) is 0 Å². The van der Waals surface area contributed by atoms with Gasteiger partial charge in [0.15, 0.2) is 0 Å². The average Bonchev–Trinajstić information content (AvgIpc) is 3.36. The first-order valence-electron chi connectivity index (χ1n) is 28.1. The molecule has 20 N–H and O–H groups in total. The summed E-state index contributed by atoms with van der Waals surface area (Å²) in [5.74, 6) is -8.78. The maximum atomic E-state index is 14.4. The molecule has 0 aromatic carbocycles. The second-order valence-corrected chi connectivity index (χ2v) is 21.2. The van der Waals surface area contributed by atoms with Gasteiger partial charge in [0, 0.05) is 13.0 Å². The van der Waals surface area contributed by atoms with E-state index >= 15 is 0 Å². The number of rotatable bonds is 29. The lowest BCUT2D eigenvalue weighted by atomic mass is 9.99. The van der Waals surface area contributed by atoms with Gasteiger partial charge in [0.1, 0.15) is 54.4 Å². The lowest BCUT2D eigenvalue weighted by Gasteiger charge is -2.29. The van der Waals surface area contributed by atoms with E-state index in [4.69, 9.17) is 22.9 Å². The summed E-state index contributed by atoms with van der Waals surface area (Å²) < 4.78 is 0. The maximum Gasteiger partial charge on any atom is 0.245 e. The van der Waals surface area contributed by atoms with Crippen LogP contribution >= 0.6 is 12.4 Å². The minimum Gasteiger partial charge on any atom is -0.391 e. The van der Waals surface area contributed by atoms with Gasteiger partial charge in [-0.05, 0) is 103 Å². The molecule has 11 atom stereocenters. The number of nitrogens with one attached hydrogen (secondary N) is 10. The van der Waals surface area contributed by atoms with Crippen LogP contribution in [-0.4, -0.2) is 169 Å². The molecule has 0 saturated carbocycles. The van der Waals surface area contributed by atoms with Crippen LogP contribution in [-0.2, 0) is 47.9 Å². The van der Waals surface area contributed by atoms with Crippen LogP contribution in [0.1, 0.15) is 158 Å². The number of halogens is 1. The van der Waals surface area contributed by atoms with E-state index in [9.17, 15) is 58.2 Å². The predicted octanol–water partition coefficient (Wildman–Crippen LogP) is -2.54. The molecule has 1 aliphatic heterocycles. The monoisotopic (exact) mass is 1150 g/mol. The fraction of sp³-hybridized carbons (Fsp3) is 0.808. The first kappa shape index (κ1) is 73.8. The molecule has 79 heavy (non-hydrogen) atoms. The van der Waals surface area contributed by atoms with Crippen molar-refractivity contribution in [2.45, 2.75) is 224 Å². The van der Waals surface area contributed by atoms with Gasteiger partial charge in [-0.1, -0.05) is 86.0 Å². The molecule has 0 aliphatic carbocycles. The van der Waals surface area contributed by atoms with Gasteiger partial charge in [-0.15, -0.1) is 12.4 Å². The van der Waals surface area contributed by atoms with Gasteiger partial charge in [0.25, 0.3) is 0 Å². The van der Waals surface area contributed by atoms with Crippen LogP contribution in [0, 0.1) is 11.8 Å². The third kappa shape index (κ3) is 29.2. The highest BCUT2D eigenvalue weighted by Gasteiger charge is 2.37. The maximum absolute atomic E-state index is 14.4. The molecule has 26 nitrogen and oxygen atoms in total. The highest BCUT2D eigenvalue weighted by Crippen LogP contribution is 2.13. The molecule has 1 rings (SSSR count). The number of nitrogens with two attached hydrogens (primary N) is 4.